The van der Waals surface area contributed by atoms with E-state index >= 15 is 0 Å². The van der Waals surface area contributed by atoms with Gasteiger partial charge in [0.05, 0.1) is 19.3 Å². The maximum atomic E-state index is 12.5. The predicted molar refractivity (Wildman–Crippen MR) is 90.8 cm³/mol. The number of aromatic nitrogens is 2. The number of ether oxygens (including phenoxy) is 1. The van der Waals surface area contributed by atoms with Crippen molar-refractivity contribution in [3.8, 4) is 5.75 Å². The van der Waals surface area contributed by atoms with E-state index < -0.39 is 0 Å². The lowest BCUT2D eigenvalue weighted by Crippen LogP contribution is -2.30. The zero-order valence-corrected chi connectivity index (χ0v) is 13.2. The van der Waals surface area contributed by atoms with Crippen LogP contribution in [0.25, 0.3) is 0 Å². The number of benzene rings is 2. The van der Waals surface area contributed by atoms with Crippen molar-refractivity contribution in [2.75, 3.05) is 7.11 Å². The fraction of sp³-hybridized carbons (Fsp3) is 0.105. The Morgan fingerprint density at radius 3 is 2.33 bits per heavy atom. The first-order chi connectivity index (χ1) is 11.8. The Hall–Kier alpha value is -3.21. The molecule has 2 aromatic carbocycles. The molecule has 24 heavy (non-hydrogen) atoms. The predicted octanol–water partition coefficient (Wildman–Crippen LogP) is 3.00. The van der Waals surface area contributed by atoms with Gasteiger partial charge in [0, 0.05) is 12.4 Å². The van der Waals surface area contributed by atoms with Gasteiger partial charge in [0.15, 0.2) is 0 Å². The van der Waals surface area contributed by atoms with Crippen LogP contribution in [0.15, 0.2) is 73.2 Å². The molecule has 120 valence electrons. The van der Waals surface area contributed by atoms with E-state index in [4.69, 9.17) is 4.74 Å². The highest BCUT2D eigenvalue weighted by molar-refractivity contribution is 5.92. The molecule has 1 aromatic heterocycles. The summed E-state index contributed by atoms with van der Waals surface area (Å²) in [7, 11) is 1.62. The van der Waals surface area contributed by atoms with Gasteiger partial charge < -0.3 is 10.1 Å². The van der Waals surface area contributed by atoms with Crippen LogP contribution >= 0.6 is 0 Å². The number of hydrogen-bond acceptors (Lipinski definition) is 4. The second-order valence-corrected chi connectivity index (χ2v) is 5.18. The average molecular weight is 319 g/mol. The summed E-state index contributed by atoms with van der Waals surface area (Å²) in [6.07, 6.45) is 4.49. The summed E-state index contributed by atoms with van der Waals surface area (Å²) in [5.41, 5.74) is 2.23. The van der Waals surface area contributed by atoms with E-state index in [2.05, 4.69) is 15.3 Å². The Morgan fingerprint density at radius 1 is 1.00 bits per heavy atom. The van der Waals surface area contributed by atoms with Gasteiger partial charge in [-0.1, -0.05) is 42.5 Å². The standard InChI is InChI=1S/C19H17N3O2/c1-24-16-9-7-15(8-10-16)18(14-5-3-2-4-6-14)22-19(23)17-13-20-11-12-21-17/h2-13,18H,1H3,(H,22,23). The van der Waals surface area contributed by atoms with Crippen molar-refractivity contribution in [3.63, 3.8) is 0 Å². The summed E-state index contributed by atoms with van der Waals surface area (Å²) >= 11 is 0. The Bertz CT molecular complexity index is 790. The van der Waals surface area contributed by atoms with Crippen LogP contribution in [0.1, 0.15) is 27.7 Å². The van der Waals surface area contributed by atoms with Gasteiger partial charge in [0.1, 0.15) is 11.4 Å². The molecule has 5 nitrogen and oxygen atoms in total. The Balaban J connectivity index is 1.91. The van der Waals surface area contributed by atoms with Crippen LogP contribution in [0.4, 0.5) is 0 Å². The van der Waals surface area contributed by atoms with E-state index in [0.717, 1.165) is 16.9 Å². The zero-order valence-electron chi connectivity index (χ0n) is 13.2. The van der Waals surface area contributed by atoms with Crippen LogP contribution in [-0.2, 0) is 0 Å². The van der Waals surface area contributed by atoms with Crippen LogP contribution in [-0.4, -0.2) is 23.0 Å². The first-order valence-electron chi connectivity index (χ1n) is 7.53. The molecular formula is C19H17N3O2. The van der Waals surface area contributed by atoms with Crippen LogP contribution in [0.5, 0.6) is 5.75 Å². The Labute approximate surface area is 140 Å². The molecule has 0 saturated carbocycles. The molecule has 1 atom stereocenters. The molecule has 0 bridgehead atoms. The molecule has 0 saturated heterocycles. The highest BCUT2D eigenvalue weighted by Gasteiger charge is 2.18. The van der Waals surface area contributed by atoms with Crippen molar-refractivity contribution in [1.29, 1.82) is 0 Å². The van der Waals surface area contributed by atoms with Crippen molar-refractivity contribution in [3.05, 3.63) is 90.0 Å². The van der Waals surface area contributed by atoms with Crippen LogP contribution in [0.3, 0.4) is 0 Å². The van der Waals surface area contributed by atoms with E-state index in [9.17, 15) is 4.79 Å². The summed E-state index contributed by atoms with van der Waals surface area (Å²) in [5.74, 6) is 0.499. The first kappa shape index (κ1) is 15.7. The van der Waals surface area contributed by atoms with Gasteiger partial charge >= 0.3 is 0 Å². The van der Waals surface area contributed by atoms with Gasteiger partial charge in [-0.15, -0.1) is 0 Å². The average Bonchev–Trinajstić information content (AvgIpc) is 2.67. The van der Waals surface area contributed by atoms with E-state index in [0.29, 0.717) is 0 Å². The lowest BCUT2D eigenvalue weighted by Gasteiger charge is -2.20. The van der Waals surface area contributed by atoms with Gasteiger partial charge in [0.25, 0.3) is 5.91 Å². The van der Waals surface area contributed by atoms with Gasteiger partial charge in [-0.2, -0.15) is 0 Å². The molecule has 1 amide bonds. The number of carbonyl (C=O) groups is 1. The summed E-state index contributed by atoms with van der Waals surface area (Å²) in [6.45, 7) is 0. The third kappa shape index (κ3) is 3.57. The molecule has 5 heteroatoms. The highest BCUT2D eigenvalue weighted by Crippen LogP contribution is 2.24. The summed E-state index contributed by atoms with van der Waals surface area (Å²) < 4.78 is 5.20. The minimum atomic E-state index is -0.286. The fourth-order valence-corrected chi connectivity index (χ4v) is 2.42. The highest BCUT2D eigenvalue weighted by atomic mass is 16.5. The van der Waals surface area contributed by atoms with Crippen LogP contribution in [0, 0.1) is 0 Å². The summed E-state index contributed by atoms with van der Waals surface area (Å²) in [5, 5.41) is 3.02. The van der Waals surface area contributed by atoms with Crippen LogP contribution in [0.2, 0.25) is 0 Å². The Kier molecular flexibility index (Phi) is 4.81. The van der Waals surface area contributed by atoms with E-state index in [1.807, 2.05) is 54.6 Å². The van der Waals surface area contributed by atoms with Crippen LogP contribution < -0.4 is 10.1 Å². The SMILES string of the molecule is COc1ccc(C(NC(=O)c2cnccn2)c2ccccc2)cc1. The molecule has 3 aromatic rings. The minimum absolute atomic E-state index is 0.271. The lowest BCUT2D eigenvalue weighted by molar-refractivity contribution is 0.0937. The normalized spacial score (nSPS) is 11.5. The molecule has 1 unspecified atom stereocenters. The summed E-state index contributed by atoms with van der Waals surface area (Å²) in [4.78, 5) is 20.5. The Morgan fingerprint density at radius 2 is 1.71 bits per heavy atom. The van der Waals surface area contributed by atoms with Crippen molar-refractivity contribution in [1.82, 2.24) is 15.3 Å². The monoisotopic (exact) mass is 319 g/mol. The molecule has 1 heterocycles. The number of nitrogens with one attached hydrogen (secondary N) is 1. The molecule has 0 radical (unpaired) electrons. The van der Waals surface area contributed by atoms with Gasteiger partial charge in [-0.3, -0.25) is 9.78 Å². The van der Waals surface area contributed by atoms with E-state index in [1.165, 1.54) is 18.6 Å². The number of amides is 1. The largest absolute Gasteiger partial charge is 0.497 e. The molecule has 3 rings (SSSR count). The third-order valence-corrected chi connectivity index (χ3v) is 3.65. The van der Waals surface area contributed by atoms with Gasteiger partial charge in [0.2, 0.25) is 0 Å². The van der Waals surface area contributed by atoms with E-state index in [1.54, 1.807) is 7.11 Å². The number of rotatable bonds is 5. The molecule has 0 fully saturated rings. The third-order valence-electron chi connectivity index (χ3n) is 3.65. The number of nitrogens with zero attached hydrogens (tertiary/aromatic N) is 2. The molecule has 0 aliphatic carbocycles. The second kappa shape index (κ2) is 7.37. The summed E-state index contributed by atoms with van der Waals surface area (Å²) in [6, 6.07) is 17.1. The van der Waals surface area contributed by atoms with Gasteiger partial charge in [-0.05, 0) is 23.3 Å². The number of hydrogen-bond donors (Lipinski definition) is 1. The van der Waals surface area contributed by atoms with Crippen molar-refractivity contribution >= 4 is 5.91 Å². The topological polar surface area (TPSA) is 64.1 Å². The number of methoxy groups -OCH3 is 1. The van der Waals surface area contributed by atoms with Crippen molar-refractivity contribution in [2.45, 2.75) is 6.04 Å². The molecule has 0 aliphatic rings. The lowest BCUT2D eigenvalue weighted by atomic mass is 9.98. The van der Waals surface area contributed by atoms with Crippen molar-refractivity contribution in [2.24, 2.45) is 0 Å². The quantitative estimate of drug-likeness (QED) is 0.785. The fourth-order valence-electron chi connectivity index (χ4n) is 2.42. The molecule has 0 spiro atoms. The second-order valence-electron chi connectivity index (χ2n) is 5.18. The molecule has 1 N–H and O–H groups in total. The minimum Gasteiger partial charge on any atom is -0.497 e. The maximum absolute atomic E-state index is 12.5. The first-order valence-corrected chi connectivity index (χ1v) is 7.53. The van der Waals surface area contributed by atoms with Crippen molar-refractivity contribution < 1.29 is 9.53 Å². The van der Waals surface area contributed by atoms with Gasteiger partial charge in [-0.25, -0.2) is 4.98 Å². The molecule has 0 aliphatic heterocycles. The zero-order chi connectivity index (χ0) is 16.8. The number of carbonyl (C=O) groups excluding carboxylic acids is 1. The molecular weight excluding hydrogens is 302 g/mol. The van der Waals surface area contributed by atoms with E-state index in [-0.39, 0.29) is 17.6 Å². The smallest absolute Gasteiger partial charge is 0.272 e. The maximum Gasteiger partial charge on any atom is 0.272 e.